The van der Waals surface area contributed by atoms with Gasteiger partial charge in [0.25, 0.3) is 10.0 Å². The van der Waals surface area contributed by atoms with Crippen molar-refractivity contribution in [3.63, 3.8) is 0 Å². The number of anilines is 1. The summed E-state index contributed by atoms with van der Waals surface area (Å²) < 4.78 is 35.0. The van der Waals surface area contributed by atoms with E-state index in [-0.39, 0.29) is 29.0 Å². The molecule has 0 radical (unpaired) electrons. The van der Waals surface area contributed by atoms with Crippen molar-refractivity contribution in [2.75, 3.05) is 24.0 Å². The summed E-state index contributed by atoms with van der Waals surface area (Å²) in [7, 11) is -4.18. The second-order valence-electron chi connectivity index (χ2n) is 10.6. The molecule has 9 heteroatoms. The minimum atomic E-state index is -4.18. The highest BCUT2D eigenvalue weighted by Crippen LogP contribution is 2.33. The molecule has 0 aliphatic heterocycles. The molecule has 220 valence electrons. The summed E-state index contributed by atoms with van der Waals surface area (Å²) in [5.41, 5.74) is 3.01. The Kier molecular flexibility index (Phi) is 10.9. The van der Waals surface area contributed by atoms with Gasteiger partial charge >= 0.3 is 0 Å². The van der Waals surface area contributed by atoms with Crippen LogP contribution in [-0.2, 0) is 26.2 Å². The summed E-state index contributed by atoms with van der Waals surface area (Å²) in [6, 6.07) is 20.1. The Bertz CT molecular complexity index is 1440. The van der Waals surface area contributed by atoms with Crippen LogP contribution in [0.25, 0.3) is 0 Å². The molecular weight excluding hydrogens is 538 g/mol. The molecule has 1 unspecified atom stereocenters. The molecule has 41 heavy (non-hydrogen) atoms. The number of sulfonamides is 1. The third kappa shape index (κ3) is 8.33. The van der Waals surface area contributed by atoms with Crippen LogP contribution in [0.3, 0.4) is 0 Å². The maximum atomic E-state index is 14.1. The van der Waals surface area contributed by atoms with Crippen LogP contribution >= 0.6 is 0 Å². The molecule has 1 N–H and O–H groups in total. The zero-order valence-corrected chi connectivity index (χ0v) is 25.6. The average molecular weight is 580 g/mol. The summed E-state index contributed by atoms with van der Waals surface area (Å²) in [4.78, 5) is 28.7. The van der Waals surface area contributed by atoms with Crippen molar-refractivity contribution < 1.29 is 22.7 Å². The van der Waals surface area contributed by atoms with Gasteiger partial charge in [-0.3, -0.25) is 13.9 Å². The largest absolute Gasteiger partial charge is 0.492 e. The number of rotatable bonds is 13. The summed E-state index contributed by atoms with van der Waals surface area (Å²) in [5, 5.41) is 2.90. The molecular formula is C32H41N3O5S. The number of amides is 2. The number of carbonyl (C=O) groups is 2. The first-order chi connectivity index (χ1) is 19.4. The highest BCUT2D eigenvalue weighted by molar-refractivity contribution is 7.92. The minimum absolute atomic E-state index is 0.0511. The lowest BCUT2D eigenvalue weighted by atomic mass is 10.1. The van der Waals surface area contributed by atoms with Gasteiger partial charge in [0.1, 0.15) is 18.3 Å². The Labute approximate surface area is 244 Å². The number of hydrogen-bond donors (Lipinski definition) is 1. The monoisotopic (exact) mass is 579 g/mol. The van der Waals surface area contributed by atoms with E-state index >= 15 is 0 Å². The molecule has 0 aromatic heterocycles. The Morgan fingerprint density at radius 2 is 1.59 bits per heavy atom. The summed E-state index contributed by atoms with van der Waals surface area (Å²) >= 11 is 0. The van der Waals surface area contributed by atoms with E-state index in [1.165, 1.54) is 17.0 Å². The zero-order valence-electron chi connectivity index (χ0n) is 24.8. The van der Waals surface area contributed by atoms with Crippen LogP contribution in [0.5, 0.6) is 5.75 Å². The van der Waals surface area contributed by atoms with Gasteiger partial charge in [-0.2, -0.15) is 0 Å². The number of nitrogens with one attached hydrogen (secondary N) is 1. The normalized spacial score (nSPS) is 12.1. The molecule has 1 atom stereocenters. The first kappa shape index (κ1) is 31.7. The molecule has 0 aliphatic rings. The Balaban J connectivity index is 2.07. The van der Waals surface area contributed by atoms with Crippen molar-refractivity contribution in [3.05, 3.63) is 89.5 Å². The topological polar surface area (TPSA) is 96.0 Å². The molecule has 0 saturated carbocycles. The fourth-order valence-corrected chi connectivity index (χ4v) is 5.76. The minimum Gasteiger partial charge on any atom is -0.492 e. The summed E-state index contributed by atoms with van der Waals surface area (Å²) in [6.07, 6.45) is 0. The number of carbonyl (C=O) groups excluding carboxylic acids is 2. The maximum Gasteiger partial charge on any atom is 0.264 e. The van der Waals surface area contributed by atoms with Gasteiger partial charge < -0.3 is 15.0 Å². The summed E-state index contributed by atoms with van der Waals surface area (Å²) in [5.74, 6) is -0.244. The zero-order chi connectivity index (χ0) is 30.2. The number of nitrogens with zero attached hydrogens (tertiary/aromatic N) is 2. The Morgan fingerprint density at radius 3 is 2.22 bits per heavy atom. The number of benzene rings is 3. The van der Waals surface area contributed by atoms with E-state index in [9.17, 15) is 18.0 Å². The van der Waals surface area contributed by atoms with Gasteiger partial charge in [-0.15, -0.1) is 0 Å². The molecule has 2 amide bonds. The quantitative estimate of drug-likeness (QED) is 0.305. The Hall–Kier alpha value is -3.85. The molecule has 0 spiro atoms. The first-order valence-electron chi connectivity index (χ1n) is 13.9. The van der Waals surface area contributed by atoms with E-state index in [1.807, 2.05) is 58.9 Å². The van der Waals surface area contributed by atoms with Gasteiger partial charge in [-0.25, -0.2) is 8.42 Å². The fourth-order valence-electron chi connectivity index (χ4n) is 4.33. The fraction of sp³-hybridized carbons (Fsp3) is 0.375. The van der Waals surface area contributed by atoms with Crippen molar-refractivity contribution in [2.45, 2.75) is 59.0 Å². The standard InChI is InChI=1S/C32H41N3O5S/c1-7-40-30-14-9-8-13-29(30)35(41(38,39)28-17-15-24(4)16-18-28)22-31(36)34(21-27-12-10-11-25(5)19-27)26(6)32(37)33-20-23(2)3/h8-19,23,26H,7,20-22H2,1-6H3,(H,33,37). The van der Waals surface area contributed by atoms with Crippen molar-refractivity contribution in [1.82, 2.24) is 10.2 Å². The van der Waals surface area contributed by atoms with Crippen molar-refractivity contribution in [3.8, 4) is 5.75 Å². The van der Waals surface area contributed by atoms with Gasteiger partial charge in [0.15, 0.2) is 0 Å². The number of ether oxygens (including phenoxy) is 1. The predicted molar refractivity (Wildman–Crippen MR) is 162 cm³/mol. The van der Waals surface area contributed by atoms with Crippen LogP contribution in [0.15, 0.2) is 77.7 Å². The second-order valence-corrected chi connectivity index (χ2v) is 12.4. The summed E-state index contributed by atoms with van der Waals surface area (Å²) in [6.45, 7) is 11.7. The average Bonchev–Trinajstić information content (AvgIpc) is 2.93. The van der Waals surface area contributed by atoms with Gasteiger partial charge in [0, 0.05) is 13.1 Å². The van der Waals surface area contributed by atoms with Crippen molar-refractivity contribution in [2.24, 2.45) is 5.92 Å². The third-order valence-electron chi connectivity index (χ3n) is 6.61. The van der Waals surface area contributed by atoms with Crippen LogP contribution in [0.2, 0.25) is 0 Å². The molecule has 8 nitrogen and oxygen atoms in total. The Morgan fingerprint density at radius 1 is 0.902 bits per heavy atom. The number of aryl methyl sites for hydroxylation is 2. The molecule has 0 fully saturated rings. The second kappa shape index (κ2) is 14.2. The van der Waals surface area contributed by atoms with Crippen LogP contribution < -0.4 is 14.4 Å². The van der Waals surface area contributed by atoms with E-state index in [4.69, 9.17) is 4.74 Å². The molecule has 0 saturated heterocycles. The molecule has 3 rings (SSSR count). The van der Waals surface area contributed by atoms with E-state index in [2.05, 4.69) is 5.32 Å². The van der Waals surface area contributed by atoms with Crippen LogP contribution in [-0.4, -0.2) is 50.9 Å². The molecule has 3 aromatic carbocycles. The third-order valence-corrected chi connectivity index (χ3v) is 8.38. The molecule has 3 aromatic rings. The SMILES string of the molecule is CCOc1ccccc1N(CC(=O)N(Cc1cccc(C)c1)C(C)C(=O)NCC(C)C)S(=O)(=O)c1ccc(C)cc1. The lowest BCUT2D eigenvalue weighted by Crippen LogP contribution is -2.51. The molecule has 0 bridgehead atoms. The highest BCUT2D eigenvalue weighted by Gasteiger charge is 2.33. The van der Waals surface area contributed by atoms with Gasteiger partial charge in [0.2, 0.25) is 11.8 Å². The van der Waals surface area contributed by atoms with Gasteiger partial charge in [-0.05, 0) is 63.4 Å². The van der Waals surface area contributed by atoms with E-state index in [0.29, 0.717) is 18.9 Å². The van der Waals surface area contributed by atoms with E-state index < -0.39 is 28.5 Å². The van der Waals surface area contributed by atoms with Crippen LogP contribution in [0.4, 0.5) is 5.69 Å². The predicted octanol–water partition coefficient (Wildman–Crippen LogP) is 5.09. The van der Waals surface area contributed by atoms with Gasteiger partial charge in [0.05, 0.1) is 17.2 Å². The molecule has 0 heterocycles. The maximum absolute atomic E-state index is 14.1. The lowest BCUT2D eigenvalue weighted by Gasteiger charge is -2.32. The van der Waals surface area contributed by atoms with Crippen molar-refractivity contribution >= 4 is 27.5 Å². The van der Waals surface area contributed by atoms with Gasteiger partial charge in [-0.1, -0.05) is 73.5 Å². The number of para-hydroxylation sites is 2. The molecule has 0 aliphatic carbocycles. The van der Waals surface area contributed by atoms with Crippen LogP contribution in [0.1, 0.15) is 44.4 Å². The van der Waals surface area contributed by atoms with Crippen molar-refractivity contribution in [1.29, 1.82) is 0 Å². The van der Waals surface area contributed by atoms with E-state index in [1.54, 1.807) is 43.3 Å². The smallest absolute Gasteiger partial charge is 0.264 e. The lowest BCUT2D eigenvalue weighted by molar-refractivity contribution is -0.139. The number of hydrogen-bond acceptors (Lipinski definition) is 5. The van der Waals surface area contributed by atoms with Crippen LogP contribution in [0, 0.1) is 19.8 Å². The first-order valence-corrected chi connectivity index (χ1v) is 15.3. The van der Waals surface area contributed by atoms with E-state index in [0.717, 1.165) is 21.0 Å². The highest BCUT2D eigenvalue weighted by atomic mass is 32.2.